The summed E-state index contributed by atoms with van der Waals surface area (Å²) in [4.78, 5) is 21.8. The molecule has 1 fully saturated rings. The minimum atomic E-state index is -0.0561. The number of amides is 1. The van der Waals surface area contributed by atoms with E-state index in [1.54, 1.807) is 17.3 Å². The Kier molecular flexibility index (Phi) is 4.67. The number of hydrogen-bond acceptors (Lipinski definition) is 4. The maximum atomic E-state index is 12.9. The second-order valence-electron chi connectivity index (χ2n) is 6.39. The van der Waals surface area contributed by atoms with Gasteiger partial charge in [-0.05, 0) is 49.1 Å². The van der Waals surface area contributed by atoms with Crippen molar-refractivity contribution in [1.29, 1.82) is 0 Å². The number of nitrogens with one attached hydrogen (secondary N) is 1. The second-order valence-corrected chi connectivity index (χ2v) is 6.83. The lowest BCUT2D eigenvalue weighted by atomic mass is 9.90. The van der Waals surface area contributed by atoms with Crippen LogP contribution in [0.1, 0.15) is 18.4 Å². The molecule has 0 radical (unpaired) electrons. The van der Waals surface area contributed by atoms with Crippen molar-refractivity contribution in [3.8, 4) is 11.4 Å². The standard InChI is InChI=1S/C19H18ClN5O/c20-16-5-3-13(4-6-16)12-15-2-1-11-25(18(15)26)19-22-17(23-24-19)14-7-9-21-10-8-14/h3-10,15H,1-2,11-12H2,(H,22,23,24). The molecule has 1 atom stereocenters. The fraction of sp³-hybridized carbons (Fsp3) is 0.263. The largest absolute Gasteiger partial charge is 0.307 e. The number of carbonyl (C=O) groups is 1. The first-order valence-corrected chi connectivity index (χ1v) is 8.97. The van der Waals surface area contributed by atoms with Gasteiger partial charge in [-0.2, -0.15) is 0 Å². The molecule has 7 heteroatoms. The van der Waals surface area contributed by atoms with Gasteiger partial charge in [0.05, 0.1) is 0 Å². The van der Waals surface area contributed by atoms with Crippen LogP contribution in [0, 0.1) is 5.92 Å². The molecule has 1 aliphatic rings. The number of benzene rings is 1. The first kappa shape index (κ1) is 16.7. The molecule has 1 aliphatic heterocycles. The average molecular weight is 368 g/mol. The fourth-order valence-electron chi connectivity index (χ4n) is 3.27. The third-order valence-electron chi connectivity index (χ3n) is 4.63. The van der Waals surface area contributed by atoms with Crippen molar-refractivity contribution in [1.82, 2.24) is 20.2 Å². The number of aromatic amines is 1. The summed E-state index contributed by atoms with van der Waals surface area (Å²) in [6.07, 6.45) is 5.92. The van der Waals surface area contributed by atoms with E-state index in [9.17, 15) is 4.79 Å². The monoisotopic (exact) mass is 367 g/mol. The van der Waals surface area contributed by atoms with Crippen LogP contribution in [0.2, 0.25) is 5.02 Å². The summed E-state index contributed by atoms with van der Waals surface area (Å²) in [5.41, 5.74) is 2.01. The highest BCUT2D eigenvalue weighted by atomic mass is 35.5. The molecular weight excluding hydrogens is 350 g/mol. The van der Waals surface area contributed by atoms with E-state index in [2.05, 4.69) is 20.2 Å². The molecule has 26 heavy (non-hydrogen) atoms. The Bertz CT molecular complexity index is 894. The number of halogens is 1. The zero-order valence-electron chi connectivity index (χ0n) is 14.1. The molecule has 0 saturated carbocycles. The van der Waals surface area contributed by atoms with E-state index in [0.717, 1.165) is 24.0 Å². The number of H-pyrrole nitrogens is 1. The second kappa shape index (κ2) is 7.25. The number of hydrogen-bond donors (Lipinski definition) is 1. The molecule has 0 aliphatic carbocycles. The van der Waals surface area contributed by atoms with Crippen LogP contribution in [0.25, 0.3) is 11.4 Å². The summed E-state index contributed by atoms with van der Waals surface area (Å²) in [7, 11) is 0. The highest BCUT2D eigenvalue weighted by Gasteiger charge is 2.31. The normalized spacial score (nSPS) is 17.5. The van der Waals surface area contributed by atoms with Crippen LogP contribution < -0.4 is 4.90 Å². The van der Waals surface area contributed by atoms with Crippen molar-refractivity contribution in [3.05, 3.63) is 59.4 Å². The Morgan fingerprint density at radius 3 is 2.65 bits per heavy atom. The summed E-state index contributed by atoms with van der Waals surface area (Å²) in [6, 6.07) is 11.4. The number of piperidine rings is 1. The van der Waals surface area contributed by atoms with Crippen molar-refractivity contribution < 1.29 is 4.79 Å². The molecule has 1 amide bonds. The molecule has 1 aromatic carbocycles. The predicted molar refractivity (Wildman–Crippen MR) is 99.8 cm³/mol. The van der Waals surface area contributed by atoms with E-state index < -0.39 is 0 Å². The van der Waals surface area contributed by atoms with Gasteiger partial charge in [-0.15, -0.1) is 10.2 Å². The lowest BCUT2D eigenvalue weighted by molar-refractivity contribution is -0.123. The van der Waals surface area contributed by atoms with E-state index in [0.29, 0.717) is 29.8 Å². The number of rotatable bonds is 4. The van der Waals surface area contributed by atoms with Gasteiger partial charge >= 0.3 is 0 Å². The first-order chi connectivity index (χ1) is 12.7. The number of pyridine rings is 1. The van der Waals surface area contributed by atoms with E-state index in [4.69, 9.17) is 11.6 Å². The highest BCUT2D eigenvalue weighted by Crippen LogP contribution is 2.26. The summed E-state index contributed by atoms with van der Waals surface area (Å²) in [5, 5.41) is 9.06. The lowest BCUT2D eigenvalue weighted by Gasteiger charge is -2.30. The Balaban J connectivity index is 1.51. The Hall–Kier alpha value is -2.73. The minimum absolute atomic E-state index is 0.0561. The molecule has 0 spiro atoms. The molecule has 1 N–H and O–H groups in total. The molecule has 6 nitrogen and oxygen atoms in total. The first-order valence-electron chi connectivity index (χ1n) is 8.59. The van der Waals surface area contributed by atoms with Crippen LogP contribution >= 0.6 is 11.6 Å². The van der Waals surface area contributed by atoms with Gasteiger partial charge < -0.3 is 4.98 Å². The van der Waals surface area contributed by atoms with E-state index in [1.165, 1.54) is 0 Å². The third-order valence-corrected chi connectivity index (χ3v) is 4.88. The maximum absolute atomic E-state index is 12.9. The van der Waals surface area contributed by atoms with Crippen LogP contribution in [0.4, 0.5) is 5.95 Å². The number of aromatic nitrogens is 4. The summed E-state index contributed by atoms with van der Waals surface area (Å²) in [6.45, 7) is 0.654. The minimum Gasteiger partial charge on any atom is -0.307 e. The summed E-state index contributed by atoms with van der Waals surface area (Å²) >= 11 is 5.94. The van der Waals surface area contributed by atoms with Crippen molar-refractivity contribution >= 4 is 23.5 Å². The molecule has 1 unspecified atom stereocenters. The quantitative estimate of drug-likeness (QED) is 0.765. The molecule has 132 valence electrons. The van der Waals surface area contributed by atoms with Gasteiger partial charge in [0.25, 0.3) is 0 Å². The highest BCUT2D eigenvalue weighted by molar-refractivity contribution is 6.30. The van der Waals surface area contributed by atoms with E-state index in [-0.39, 0.29) is 11.8 Å². The van der Waals surface area contributed by atoms with Gasteiger partial charge in [0.1, 0.15) is 0 Å². The van der Waals surface area contributed by atoms with Crippen LogP contribution in [-0.2, 0) is 11.2 Å². The van der Waals surface area contributed by atoms with Gasteiger partial charge in [0.15, 0.2) is 5.82 Å². The molecule has 1 saturated heterocycles. The SMILES string of the molecule is O=C1C(Cc2ccc(Cl)cc2)CCCN1c1nnc(-c2ccncc2)[nH]1. The van der Waals surface area contributed by atoms with Crippen molar-refractivity contribution in [3.63, 3.8) is 0 Å². The Labute approximate surface area is 156 Å². The van der Waals surface area contributed by atoms with Crippen molar-refractivity contribution in [2.75, 3.05) is 11.4 Å². The predicted octanol–water partition coefficient (Wildman–Crippen LogP) is 3.51. The van der Waals surface area contributed by atoms with Gasteiger partial charge in [0, 0.05) is 35.4 Å². The third kappa shape index (κ3) is 3.46. The van der Waals surface area contributed by atoms with Crippen molar-refractivity contribution in [2.24, 2.45) is 5.92 Å². The van der Waals surface area contributed by atoms with Crippen molar-refractivity contribution in [2.45, 2.75) is 19.3 Å². The molecule has 4 rings (SSSR count). The van der Waals surface area contributed by atoms with E-state index >= 15 is 0 Å². The lowest BCUT2D eigenvalue weighted by Crippen LogP contribution is -2.42. The Morgan fingerprint density at radius 1 is 1.12 bits per heavy atom. The molecule has 3 heterocycles. The average Bonchev–Trinajstić information content (AvgIpc) is 3.16. The van der Waals surface area contributed by atoms with Crippen LogP contribution in [-0.4, -0.2) is 32.6 Å². The number of nitrogens with zero attached hydrogens (tertiary/aromatic N) is 4. The van der Waals surface area contributed by atoms with Crippen LogP contribution in [0.3, 0.4) is 0 Å². The zero-order chi connectivity index (χ0) is 17.9. The topological polar surface area (TPSA) is 74.8 Å². The summed E-state index contributed by atoms with van der Waals surface area (Å²) in [5.74, 6) is 1.17. The van der Waals surface area contributed by atoms with Gasteiger partial charge in [0.2, 0.25) is 11.9 Å². The van der Waals surface area contributed by atoms with Gasteiger partial charge in [-0.25, -0.2) is 0 Å². The molecular formula is C19H18ClN5O. The van der Waals surface area contributed by atoms with Gasteiger partial charge in [-0.1, -0.05) is 23.7 Å². The van der Waals surface area contributed by atoms with Gasteiger partial charge in [-0.3, -0.25) is 14.7 Å². The zero-order valence-corrected chi connectivity index (χ0v) is 14.9. The number of carbonyl (C=O) groups excluding carboxylic acids is 1. The molecule has 0 bridgehead atoms. The Morgan fingerprint density at radius 2 is 1.88 bits per heavy atom. The summed E-state index contributed by atoms with van der Waals surface area (Å²) < 4.78 is 0. The van der Waals surface area contributed by atoms with E-state index in [1.807, 2.05) is 36.4 Å². The molecule has 3 aromatic rings. The smallest absolute Gasteiger partial charge is 0.232 e. The van der Waals surface area contributed by atoms with Crippen LogP contribution in [0.5, 0.6) is 0 Å². The van der Waals surface area contributed by atoms with Crippen LogP contribution in [0.15, 0.2) is 48.8 Å². The molecule has 2 aromatic heterocycles. The number of anilines is 1. The fourth-order valence-corrected chi connectivity index (χ4v) is 3.39. The maximum Gasteiger partial charge on any atom is 0.232 e.